The highest BCUT2D eigenvalue weighted by atomic mass is 35.5. The van der Waals surface area contributed by atoms with Gasteiger partial charge in [0.1, 0.15) is 10.8 Å². The van der Waals surface area contributed by atoms with Crippen molar-refractivity contribution in [3.05, 3.63) is 64.2 Å². The van der Waals surface area contributed by atoms with Crippen molar-refractivity contribution in [1.82, 2.24) is 18.9 Å². The minimum absolute atomic E-state index is 0.188. The largest absolute Gasteiger partial charge is 0.307 e. The van der Waals surface area contributed by atoms with E-state index in [-0.39, 0.29) is 10.7 Å². The molecule has 0 aromatic carbocycles. The summed E-state index contributed by atoms with van der Waals surface area (Å²) in [7, 11) is 0. The van der Waals surface area contributed by atoms with Crippen LogP contribution < -0.4 is 5.56 Å². The Balaban J connectivity index is 1.98. The summed E-state index contributed by atoms with van der Waals surface area (Å²) in [5.74, 6) is 0. The number of nitrogens with zero attached hydrogens (tertiary/aromatic N) is 4. The molecule has 18 heavy (non-hydrogen) atoms. The highest BCUT2D eigenvalue weighted by Gasteiger charge is 2.04. The maximum atomic E-state index is 11.7. The summed E-state index contributed by atoms with van der Waals surface area (Å²) in [6, 6.07) is 7.04. The van der Waals surface area contributed by atoms with Gasteiger partial charge in [-0.15, -0.1) is 0 Å². The summed E-state index contributed by atoms with van der Waals surface area (Å²) in [6.07, 6.45) is 5.22. The summed E-state index contributed by atoms with van der Waals surface area (Å²) in [5, 5.41) is 0.200. The van der Waals surface area contributed by atoms with Crippen LogP contribution in [-0.4, -0.2) is 18.9 Å². The van der Waals surface area contributed by atoms with Gasteiger partial charge in [-0.3, -0.25) is 9.36 Å². The van der Waals surface area contributed by atoms with Crippen LogP contribution in [0, 0.1) is 0 Å². The van der Waals surface area contributed by atoms with E-state index in [1.165, 1.54) is 17.0 Å². The van der Waals surface area contributed by atoms with E-state index in [2.05, 4.69) is 9.97 Å². The van der Waals surface area contributed by atoms with Gasteiger partial charge >= 0.3 is 0 Å². The van der Waals surface area contributed by atoms with Crippen molar-refractivity contribution in [2.45, 2.75) is 6.54 Å². The van der Waals surface area contributed by atoms with E-state index < -0.39 is 0 Å². The zero-order valence-electron chi connectivity index (χ0n) is 9.32. The van der Waals surface area contributed by atoms with Gasteiger partial charge in [-0.05, 0) is 12.1 Å². The molecule has 0 bridgehead atoms. The van der Waals surface area contributed by atoms with Crippen LogP contribution in [-0.2, 0) is 6.54 Å². The van der Waals surface area contributed by atoms with Gasteiger partial charge in [0, 0.05) is 18.5 Å². The molecule has 0 spiro atoms. The third-order valence-corrected chi connectivity index (χ3v) is 2.80. The molecule has 3 aromatic rings. The van der Waals surface area contributed by atoms with Gasteiger partial charge in [0.15, 0.2) is 0 Å². The number of rotatable bonds is 2. The number of halogens is 1. The molecule has 0 unspecified atom stereocenters. The van der Waals surface area contributed by atoms with Crippen LogP contribution in [0.15, 0.2) is 47.8 Å². The highest BCUT2D eigenvalue weighted by Crippen LogP contribution is 2.05. The topological polar surface area (TPSA) is 52.2 Å². The molecule has 0 fully saturated rings. The smallest absolute Gasteiger partial charge is 0.255 e. The quantitative estimate of drug-likeness (QED) is 0.658. The molecule has 0 saturated carbocycles. The third kappa shape index (κ3) is 2.00. The van der Waals surface area contributed by atoms with E-state index >= 15 is 0 Å². The summed E-state index contributed by atoms with van der Waals surface area (Å²) < 4.78 is 3.37. The summed E-state index contributed by atoms with van der Waals surface area (Å²) in [5.41, 5.74) is 1.46. The van der Waals surface area contributed by atoms with Crippen LogP contribution in [0.2, 0.25) is 5.15 Å². The van der Waals surface area contributed by atoms with Gasteiger partial charge in [0.25, 0.3) is 5.56 Å². The summed E-state index contributed by atoms with van der Waals surface area (Å²) >= 11 is 5.64. The van der Waals surface area contributed by atoms with Crippen molar-refractivity contribution in [3.63, 3.8) is 0 Å². The first-order valence-electron chi connectivity index (χ1n) is 5.37. The molecule has 0 radical (unpaired) electrons. The van der Waals surface area contributed by atoms with Gasteiger partial charge in [0.2, 0.25) is 0 Å². The molecule has 0 atom stereocenters. The molecule has 0 N–H and O–H groups in total. The Labute approximate surface area is 107 Å². The van der Waals surface area contributed by atoms with Gasteiger partial charge in [0.05, 0.1) is 18.6 Å². The number of aromatic nitrogens is 4. The monoisotopic (exact) mass is 260 g/mol. The number of pyridine rings is 1. The van der Waals surface area contributed by atoms with Crippen molar-refractivity contribution in [2.75, 3.05) is 0 Å². The third-order valence-electron chi connectivity index (χ3n) is 2.59. The van der Waals surface area contributed by atoms with Crippen molar-refractivity contribution in [3.8, 4) is 0 Å². The van der Waals surface area contributed by atoms with Crippen LogP contribution in [0.3, 0.4) is 0 Å². The van der Waals surface area contributed by atoms with E-state index in [1.54, 1.807) is 0 Å². The van der Waals surface area contributed by atoms with Crippen LogP contribution in [0.1, 0.15) is 5.69 Å². The molecule has 0 aliphatic rings. The Morgan fingerprint density at radius 2 is 2.22 bits per heavy atom. The Bertz CT molecular complexity index is 729. The predicted molar refractivity (Wildman–Crippen MR) is 67.8 cm³/mol. The second-order valence-corrected chi connectivity index (χ2v) is 4.26. The maximum Gasteiger partial charge on any atom is 0.255 e. The molecule has 5 nitrogen and oxygen atoms in total. The summed E-state index contributed by atoms with van der Waals surface area (Å²) in [6.45, 7) is 0.380. The van der Waals surface area contributed by atoms with Gasteiger partial charge in [-0.25, -0.2) is 9.97 Å². The second kappa shape index (κ2) is 4.27. The molecule has 90 valence electrons. The molecule has 0 aliphatic heterocycles. The minimum atomic E-state index is -0.188. The number of hydrogen-bond donors (Lipinski definition) is 0. The SMILES string of the molecule is O=c1cc(Cl)ncn1Cc1cn2ccccc2n1. The fourth-order valence-corrected chi connectivity index (χ4v) is 1.90. The predicted octanol–water partition coefficient (Wildman–Crippen LogP) is 1.59. The molecule has 3 aromatic heterocycles. The van der Waals surface area contributed by atoms with Crippen LogP contribution in [0.5, 0.6) is 0 Å². The Morgan fingerprint density at radius 3 is 3.00 bits per heavy atom. The van der Waals surface area contributed by atoms with Crippen molar-refractivity contribution in [2.24, 2.45) is 0 Å². The van der Waals surface area contributed by atoms with Gasteiger partial charge < -0.3 is 4.40 Å². The fraction of sp³-hybridized carbons (Fsp3) is 0.0833. The van der Waals surface area contributed by atoms with Crippen molar-refractivity contribution >= 4 is 17.2 Å². The lowest BCUT2D eigenvalue weighted by Gasteiger charge is -2.01. The van der Waals surface area contributed by atoms with Crippen LogP contribution in [0.25, 0.3) is 5.65 Å². The number of imidazole rings is 1. The Morgan fingerprint density at radius 1 is 1.33 bits per heavy atom. The van der Waals surface area contributed by atoms with Crippen LogP contribution in [0.4, 0.5) is 0 Å². The lowest BCUT2D eigenvalue weighted by Crippen LogP contribution is -2.19. The van der Waals surface area contributed by atoms with E-state index in [4.69, 9.17) is 11.6 Å². The molecular weight excluding hydrogens is 252 g/mol. The van der Waals surface area contributed by atoms with E-state index in [0.717, 1.165) is 11.3 Å². The Hall–Kier alpha value is -2.14. The highest BCUT2D eigenvalue weighted by molar-refractivity contribution is 6.29. The van der Waals surface area contributed by atoms with E-state index in [1.807, 2.05) is 35.0 Å². The van der Waals surface area contributed by atoms with E-state index in [9.17, 15) is 4.79 Å². The number of hydrogen-bond acceptors (Lipinski definition) is 3. The molecule has 6 heteroatoms. The minimum Gasteiger partial charge on any atom is -0.307 e. The average molecular weight is 261 g/mol. The fourth-order valence-electron chi connectivity index (χ4n) is 1.76. The molecule has 3 heterocycles. The zero-order chi connectivity index (χ0) is 12.5. The zero-order valence-corrected chi connectivity index (χ0v) is 10.1. The molecule has 0 amide bonds. The second-order valence-electron chi connectivity index (χ2n) is 3.88. The van der Waals surface area contributed by atoms with Crippen molar-refractivity contribution < 1.29 is 0 Å². The van der Waals surface area contributed by atoms with Gasteiger partial charge in [-0.1, -0.05) is 17.7 Å². The molecule has 0 aliphatic carbocycles. The first-order valence-corrected chi connectivity index (χ1v) is 5.75. The lowest BCUT2D eigenvalue weighted by atomic mass is 10.4. The molecule has 3 rings (SSSR count). The lowest BCUT2D eigenvalue weighted by molar-refractivity contribution is 0.723. The molecular formula is C12H9ClN4O. The normalized spacial score (nSPS) is 10.9. The first kappa shape index (κ1) is 11.0. The van der Waals surface area contributed by atoms with Crippen LogP contribution >= 0.6 is 11.6 Å². The van der Waals surface area contributed by atoms with Crippen molar-refractivity contribution in [1.29, 1.82) is 0 Å². The first-order chi connectivity index (χ1) is 8.72. The van der Waals surface area contributed by atoms with E-state index in [0.29, 0.717) is 6.54 Å². The maximum absolute atomic E-state index is 11.7. The Kier molecular flexibility index (Phi) is 2.60. The summed E-state index contributed by atoms with van der Waals surface area (Å²) in [4.78, 5) is 20.0. The van der Waals surface area contributed by atoms with Gasteiger partial charge in [-0.2, -0.15) is 0 Å². The standard InChI is InChI=1S/C12H9ClN4O/c13-10-5-12(18)17(8-14-10)7-9-6-16-4-2-1-3-11(16)15-9/h1-6,8H,7H2. The average Bonchev–Trinajstić information content (AvgIpc) is 2.75. The molecule has 0 saturated heterocycles. The number of fused-ring (bicyclic) bond motifs is 1.